The minimum Gasteiger partial charge on any atom is -0.302 e. The van der Waals surface area contributed by atoms with Crippen molar-refractivity contribution in [3.8, 4) is 27.5 Å². The molecule has 0 radical (unpaired) electrons. The van der Waals surface area contributed by atoms with Crippen LogP contribution in [0.15, 0.2) is 48.8 Å². The molecule has 11 heteroatoms. The monoisotopic (exact) mass is 534 g/mol. The van der Waals surface area contributed by atoms with Crippen molar-refractivity contribution in [3.05, 3.63) is 65.6 Å². The molecule has 37 heavy (non-hydrogen) atoms. The molecule has 1 fully saturated rings. The summed E-state index contributed by atoms with van der Waals surface area (Å²) in [5, 5.41) is 8.48. The molecule has 1 N–H and O–H groups in total. The van der Waals surface area contributed by atoms with Crippen molar-refractivity contribution in [2.24, 2.45) is 0 Å². The highest BCUT2D eigenvalue weighted by Gasteiger charge is 2.30. The summed E-state index contributed by atoms with van der Waals surface area (Å²) in [4.78, 5) is 23.8. The van der Waals surface area contributed by atoms with Gasteiger partial charge in [0, 0.05) is 50.1 Å². The number of benzene rings is 1. The van der Waals surface area contributed by atoms with E-state index in [9.17, 15) is 13.2 Å². The van der Waals surface area contributed by atoms with Crippen LogP contribution in [0.5, 0.6) is 0 Å². The molecule has 1 aromatic carbocycles. The van der Waals surface area contributed by atoms with Crippen molar-refractivity contribution in [2.45, 2.75) is 26.3 Å². The molecule has 0 unspecified atom stereocenters. The number of rotatable bonds is 5. The highest BCUT2D eigenvalue weighted by Crippen LogP contribution is 2.44. The average molecular weight is 535 g/mol. The fourth-order valence-corrected chi connectivity index (χ4v) is 7.30. The molecule has 4 heterocycles. The van der Waals surface area contributed by atoms with Gasteiger partial charge in [-0.05, 0) is 42.7 Å². The highest BCUT2D eigenvalue weighted by molar-refractivity contribution is 7.91. The van der Waals surface area contributed by atoms with Gasteiger partial charge in [-0.1, -0.05) is 23.5 Å². The standard InChI is InChI=1S/C26H26N6O3S2/c1-17(33)28-26-29-22-9-8-21-23(19-3-2-10-27-15-19)30-32(24(21)25(22)36-26)20-6-4-18(5-7-20)16-31-11-13-37(34,35)14-12-31/h2-7,10,15H,8-9,11-14,16H2,1H3,(H,28,29,33). The molecule has 0 atom stereocenters. The maximum absolute atomic E-state index is 11.7. The zero-order valence-electron chi connectivity index (χ0n) is 20.3. The van der Waals surface area contributed by atoms with Gasteiger partial charge in [-0.3, -0.25) is 14.7 Å². The van der Waals surface area contributed by atoms with E-state index in [2.05, 4.69) is 44.5 Å². The van der Waals surface area contributed by atoms with Crippen LogP contribution in [0.4, 0.5) is 5.13 Å². The van der Waals surface area contributed by atoms with Crippen LogP contribution in [0.25, 0.3) is 27.5 Å². The van der Waals surface area contributed by atoms with Crippen LogP contribution in [0, 0.1) is 0 Å². The fourth-order valence-electron chi connectivity index (χ4n) is 4.90. The lowest BCUT2D eigenvalue weighted by molar-refractivity contribution is -0.114. The van der Waals surface area contributed by atoms with E-state index < -0.39 is 9.84 Å². The summed E-state index contributed by atoms with van der Waals surface area (Å²) >= 11 is 1.47. The Balaban J connectivity index is 1.37. The van der Waals surface area contributed by atoms with Crippen molar-refractivity contribution in [1.29, 1.82) is 0 Å². The number of sulfone groups is 1. The molecule has 190 valence electrons. The number of nitrogens with one attached hydrogen (secondary N) is 1. The lowest BCUT2D eigenvalue weighted by Crippen LogP contribution is -2.39. The van der Waals surface area contributed by atoms with Gasteiger partial charge >= 0.3 is 0 Å². The Bertz CT molecular complexity index is 1560. The topological polar surface area (TPSA) is 110 Å². The Morgan fingerprint density at radius 1 is 1.11 bits per heavy atom. The summed E-state index contributed by atoms with van der Waals surface area (Å²) in [5.74, 6) is 0.302. The maximum atomic E-state index is 11.7. The Morgan fingerprint density at radius 2 is 1.89 bits per heavy atom. The molecule has 1 amide bonds. The highest BCUT2D eigenvalue weighted by atomic mass is 32.2. The second-order valence-electron chi connectivity index (χ2n) is 9.40. The quantitative estimate of drug-likeness (QED) is 0.418. The second-order valence-corrected chi connectivity index (χ2v) is 12.7. The van der Waals surface area contributed by atoms with Crippen molar-refractivity contribution in [3.63, 3.8) is 0 Å². The normalized spacial score (nSPS) is 16.7. The summed E-state index contributed by atoms with van der Waals surface area (Å²) in [5.41, 5.74) is 7.05. The Labute approximate surface area is 219 Å². The van der Waals surface area contributed by atoms with E-state index in [-0.39, 0.29) is 17.4 Å². The van der Waals surface area contributed by atoms with E-state index in [1.54, 1.807) is 6.20 Å². The van der Waals surface area contributed by atoms with Crippen molar-refractivity contribution >= 4 is 32.2 Å². The fraction of sp³-hybridized carbons (Fsp3) is 0.308. The molecule has 1 aliphatic heterocycles. The van der Waals surface area contributed by atoms with Gasteiger partial charge in [-0.25, -0.2) is 18.1 Å². The molecule has 0 spiro atoms. The summed E-state index contributed by atoms with van der Waals surface area (Å²) in [7, 11) is -2.89. The number of fused-ring (bicyclic) bond motifs is 3. The van der Waals surface area contributed by atoms with Gasteiger partial charge in [0.2, 0.25) is 5.91 Å². The summed E-state index contributed by atoms with van der Waals surface area (Å²) in [6, 6.07) is 12.2. The van der Waals surface area contributed by atoms with Crippen LogP contribution in [0.1, 0.15) is 23.7 Å². The SMILES string of the molecule is CC(=O)Nc1nc2c(s1)-c1c(c(-c3cccnc3)nn1-c1ccc(CN3CCS(=O)(=O)CC3)cc1)CC2. The Kier molecular flexibility index (Phi) is 6.13. The van der Waals surface area contributed by atoms with Gasteiger partial charge in [-0.15, -0.1) is 0 Å². The molecular formula is C26H26N6O3S2. The summed E-state index contributed by atoms with van der Waals surface area (Å²) in [6.45, 7) is 3.33. The maximum Gasteiger partial charge on any atom is 0.223 e. The van der Waals surface area contributed by atoms with Crippen LogP contribution >= 0.6 is 11.3 Å². The predicted molar refractivity (Wildman–Crippen MR) is 144 cm³/mol. The number of thiazole rings is 1. The van der Waals surface area contributed by atoms with Crippen molar-refractivity contribution in [1.82, 2.24) is 24.6 Å². The van der Waals surface area contributed by atoms with Gasteiger partial charge in [0.05, 0.1) is 39.2 Å². The third-order valence-corrected chi connectivity index (χ3v) is 9.38. The lowest BCUT2D eigenvalue weighted by atomic mass is 9.95. The van der Waals surface area contributed by atoms with E-state index in [4.69, 9.17) is 5.10 Å². The molecule has 6 rings (SSSR count). The number of amides is 1. The van der Waals surface area contributed by atoms with Crippen LogP contribution < -0.4 is 5.32 Å². The van der Waals surface area contributed by atoms with Crippen molar-refractivity contribution in [2.75, 3.05) is 29.9 Å². The lowest BCUT2D eigenvalue weighted by Gasteiger charge is -2.26. The van der Waals surface area contributed by atoms with Gasteiger partial charge in [-0.2, -0.15) is 5.10 Å². The number of aromatic nitrogens is 4. The number of carbonyl (C=O) groups is 1. The smallest absolute Gasteiger partial charge is 0.223 e. The number of hydrogen-bond donors (Lipinski definition) is 1. The molecule has 0 bridgehead atoms. The van der Waals surface area contributed by atoms with Crippen LogP contribution in [-0.4, -0.2) is 63.6 Å². The van der Waals surface area contributed by atoms with Gasteiger partial charge in [0.25, 0.3) is 0 Å². The van der Waals surface area contributed by atoms with Crippen LogP contribution in [-0.2, 0) is 34.0 Å². The average Bonchev–Trinajstić information content (AvgIpc) is 3.47. The number of aryl methyl sites for hydroxylation is 1. The van der Waals surface area contributed by atoms with Crippen molar-refractivity contribution < 1.29 is 13.2 Å². The van der Waals surface area contributed by atoms with Gasteiger partial charge in [0.1, 0.15) is 0 Å². The van der Waals surface area contributed by atoms with Gasteiger partial charge < -0.3 is 5.32 Å². The van der Waals surface area contributed by atoms with E-state index in [0.29, 0.717) is 24.8 Å². The third kappa shape index (κ3) is 4.81. The molecule has 1 aliphatic carbocycles. The summed E-state index contributed by atoms with van der Waals surface area (Å²) < 4.78 is 25.5. The third-order valence-electron chi connectivity index (χ3n) is 6.75. The summed E-state index contributed by atoms with van der Waals surface area (Å²) in [6.07, 6.45) is 5.16. The molecule has 0 saturated carbocycles. The van der Waals surface area contributed by atoms with E-state index in [1.807, 2.05) is 23.0 Å². The first-order valence-electron chi connectivity index (χ1n) is 12.2. The number of pyridine rings is 1. The van der Waals surface area contributed by atoms with E-state index in [1.165, 1.54) is 18.3 Å². The molecule has 4 aromatic rings. The minimum atomic E-state index is -2.89. The number of hydrogen-bond acceptors (Lipinski definition) is 8. The first-order chi connectivity index (χ1) is 17.9. The first-order valence-corrected chi connectivity index (χ1v) is 14.8. The molecule has 1 saturated heterocycles. The van der Waals surface area contributed by atoms with Gasteiger partial charge in [0.15, 0.2) is 15.0 Å². The molecule has 3 aromatic heterocycles. The molecule has 9 nitrogen and oxygen atoms in total. The second kappa shape index (κ2) is 9.47. The minimum absolute atomic E-state index is 0.141. The number of anilines is 1. The van der Waals surface area contributed by atoms with E-state index >= 15 is 0 Å². The Hall–Kier alpha value is -3.41. The number of carbonyl (C=O) groups excluding carboxylic acids is 1. The molecule has 2 aliphatic rings. The number of nitrogens with zero attached hydrogens (tertiary/aromatic N) is 5. The largest absolute Gasteiger partial charge is 0.302 e. The first kappa shape index (κ1) is 24.0. The Morgan fingerprint density at radius 3 is 2.59 bits per heavy atom. The van der Waals surface area contributed by atoms with Crippen LogP contribution in [0.3, 0.4) is 0 Å². The van der Waals surface area contributed by atoms with Crippen LogP contribution in [0.2, 0.25) is 0 Å². The molecular weight excluding hydrogens is 508 g/mol. The van der Waals surface area contributed by atoms with E-state index in [0.717, 1.165) is 57.2 Å². The zero-order chi connectivity index (χ0) is 25.6. The predicted octanol–water partition coefficient (Wildman–Crippen LogP) is 3.35. The zero-order valence-corrected chi connectivity index (χ0v) is 22.0.